The van der Waals surface area contributed by atoms with Gasteiger partial charge < -0.3 is 15.0 Å². The van der Waals surface area contributed by atoms with Gasteiger partial charge in [-0.05, 0) is 43.7 Å². The molecule has 0 atom stereocenters. The summed E-state index contributed by atoms with van der Waals surface area (Å²) in [6.07, 6.45) is 2.07. The van der Waals surface area contributed by atoms with E-state index in [2.05, 4.69) is 28.8 Å². The maximum atomic E-state index is 5.63. The van der Waals surface area contributed by atoms with Crippen molar-refractivity contribution in [2.75, 3.05) is 13.7 Å². The number of hydrogen-bond donors (Lipinski definition) is 1. The fourth-order valence-corrected chi connectivity index (χ4v) is 2.70. The van der Waals surface area contributed by atoms with Crippen LogP contribution in [0.1, 0.15) is 12.8 Å². The van der Waals surface area contributed by atoms with E-state index in [1.54, 1.807) is 7.11 Å². The minimum atomic E-state index is 0.723. The van der Waals surface area contributed by atoms with Crippen LogP contribution < -0.4 is 10.5 Å². The van der Waals surface area contributed by atoms with Crippen LogP contribution in [-0.4, -0.2) is 23.2 Å². The number of nitrogens with two attached hydrogens (primary N) is 1. The second-order valence-corrected chi connectivity index (χ2v) is 5.30. The van der Waals surface area contributed by atoms with E-state index < -0.39 is 0 Å². The number of para-hydroxylation sites is 2. The molecule has 4 heteroatoms. The minimum absolute atomic E-state index is 0.723. The molecule has 0 aliphatic heterocycles. The van der Waals surface area contributed by atoms with Crippen LogP contribution in [0.4, 0.5) is 0 Å². The number of benzene rings is 2. The summed E-state index contributed by atoms with van der Waals surface area (Å²) in [5.74, 6) is 1.83. The second-order valence-electron chi connectivity index (χ2n) is 5.30. The number of hydrogen-bond acceptors (Lipinski definition) is 3. The predicted molar refractivity (Wildman–Crippen MR) is 90.0 cm³/mol. The van der Waals surface area contributed by atoms with Gasteiger partial charge in [-0.2, -0.15) is 0 Å². The minimum Gasteiger partial charge on any atom is -0.497 e. The number of aryl methyl sites for hydroxylation is 1. The van der Waals surface area contributed by atoms with Crippen molar-refractivity contribution in [2.45, 2.75) is 19.4 Å². The highest BCUT2D eigenvalue weighted by atomic mass is 16.5. The fourth-order valence-electron chi connectivity index (χ4n) is 2.70. The zero-order valence-corrected chi connectivity index (χ0v) is 12.8. The van der Waals surface area contributed by atoms with E-state index in [-0.39, 0.29) is 0 Å². The van der Waals surface area contributed by atoms with E-state index >= 15 is 0 Å². The van der Waals surface area contributed by atoms with E-state index in [4.69, 9.17) is 15.5 Å². The third-order valence-electron chi connectivity index (χ3n) is 3.82. The molecular formula is C18H21N3O. The van der Waals surface area contributed by atoms with E-state index in [9.17, 15) is 0 Å². The van der Waals surface area contributed by atoms with Gasteiger partial charge in [0.15, 0.2) is 0 Å². The van der Waals surface area contributed by atoms with E-state index in [1.165, 1.54) is 0 Å². The molecule has 1 heterocycles. The lowest BCUT2D eigenvalue weighted by molar-refractivity contribution is 0.415. The van der Waals surface area contributed by atoms with Crippen LogP contribution in [0, 0.1) is 0 Å². The van der Waals surface area contributed by atoms with Gasteiger partial charge >= 0.3 is 0 Å². The zero-order valence-electron chi connectivity index (χ0n) is 12.8. The van der Waals surface area contributed by atoms with E-state index in [0.717, 1.165) is 54.1 Å². The van der Waals surface area contributed by atoms with E-state index in [1.807, 2.05) is 24.3 Å². The van der Waals surface area contributed by atoms with Crippen molar-refractivity contribution in [1.82, 2.24) is 9.55 Å². The molecule has 0 spiro atoms. The highest BCUT2D eigenvalue weighted by Crippen LogP contribution is 2.27. The quantitative estimate of drug-likeness (QED) is 0.709. The summed E-state index contributed by atoms with van der Waals surface area (Å²) in [4.78, 5) is 4.81. The Morgan fingerprint density at radius 2 is 1.95 bits per heavy atom. The maximum Gasteiger partial charge on any atom is 0.141 e. The van der Waals surface area contributed by atoms with Crippen LogP contribution in [0.5, 0.6) is 5.75 Å². The van der Waals surface area contributed by atoms with Crippen molar-refractivity contribution >= 4 is 11.0 Å². The third-order valence-corrected chi connectivity index (χ3v) is 3.82. The number of methoxy groups -OCH3 is 1. The number of rotatable bonds is 6. The first kappa shape index (κ1) is 14.6. The Balaban J connectivity index is 2.08. The molecule has 3 rings (SSSR count). The van der Waals surface area contributed by atoms with Crippen molar-refractivity contribution < 1.29 is 4.74 Å². The molecule has 0 amide bonds. The van der Waals surface area contributed by atoms with Gasteiger partial charge in [-0.25, -0.2) is 4.98 Å². The molecule has 2 N–H and O–H groups in total. The van der Waals surface area contributed by atoms with Crippen LogP contribution in [0.3, 0.4) is 0 Å². The summed E-state index contributed by atoms with van der Waals surface area (Å²) in [6, 6.07) is 16.3. The molecular weight excluding hydrogens is 274 g/mol. The van der Waals surface area contributed by atoms with Gasteiger partial charge in [0.25, 0.3) is 0 Å². The number of nitrogens with zero attached hydrogens (tertiary/aromatic N) is 2. The average Bonchev–Trinajstić information content (AvgIpc) is 2.94. The highest BCUT2D eigenvalue weighted by Gasteiger charge is 2.12. The topological polar surface area (TPSA) is 53.1 Å². The largest absolute Gasteiger partial charge is 0.497 e. The van der Waals surface area contributed by atoms with Crippen molar-refractivity contribution in [3.05, 3.63) is 48.5 Å². The number of aromatic nitrogens is 2. The molecule has 0 saturated heterocycles. The normalized spacial score (nSPS) is 11.0. The Morgan fingerprint density at radius 3 is 2.77 bits per heavy atom. The summed E-state index contributed by atoms with van der Waals surface area (Å²) in [5, 5.41) is 0. The summed E-state index contributed by atoms with van der Waals surface area (Å²) >= 11 is 0. The molecule has 0 radical (unpaired) electrons. The van der Waals surface area contributed by atoms with Gasteiger partial charge in [0.2, 0.25) is 0 Å². The molecule has 22 heavy (non-hydrogen) atoms. The Labute approximate surface area is 130 Å². The van der Waals surface area contributed by atoms with Crippen LogP contribution in [0.2, 0.25) is 0 Å². The van der Waals surface area contributed by atoms with Crippen molar-refractivity contribution in [3.8, 4) is 17.1 Å². The molecule has 4 nitrogen and oxygen atoms in total. The van der Waals surface area contributed by atoms with E-state index in [0.29, 0.717) is 0 Å². The van der Waals surface area contributed by atoms with Crippen LogP contribution in [0.25, 0.3) is 22.4 Å². The van der Waals surface area contributed by atoms with Gasteiger partial charge in [0, 0.05) is 12.1 Å². The Hall–Kier alpha value is -2.33. The van der Waals surface area contributed by atoms with Crippen LogP contribution >= 0.6 is 0 Å². The van der Waals surface area contributed by atoms with Crippen molar-refractivity contribution in [3.63, 3.8) is 0 Å². The first-order chi connectivity index (χ1) is 10.8. The lowest BCUT2D eigenvalue weighted by atomic mass is 10.2. The lowest BCUT2D eigenvalue weighted by Gasteiger charge is -2.10. The van der Waals surface area contributed by atoms with Crippen molar-refractivity contribution in [2.24, 2.45) is 5.73 Å². The van der Waals surface area contributed by atoms with Crippen LogP contribution in [-0.2, 0) is 6.54 Å². The summed E-state index contributed by atoms with van der Waals surface area (Å²) < 4.78 is 7.61. The molecule has 0 unspecified atom stereocenters. The third kappa shape index (κ3) is 2.83. The standard InChI is InChI=1S/C18H21N3O/c1-22-15-8-6-7-14(13-15)18-20-16-9-2-3-10-17(16)21(18)12-5-4-11-19/h2-3,6-10,13H,4-5,11-12,19H2,1H3. The summed E-state index contributed by atoms with van der Waals surface area (Å²) in [5.41, 5.74) is 8.88. The van der Waals surface area contributed by atoms with Gasteiger partial charge in [-0.1, -0.05) is 24.3 Å². The molecule has 0 aliphatic carbocycles. The molecule has 3 aromatic rings. The summed E-state index contributed by atoms with van der Waals surface area (Å²) in [7, 11) is 1.68. The SMILES string of the molecule is COc1cccc(-c2nc3ccccc3n2CCCCN)c1. The monoisotopic (exact) mass is 295 g/mol. The Kier molecular flexibility index (Phi) is 4.39. The lowest BCUT2D eigenvalue weighted by Crippen LogP contribution is -2.04. The number of fused-ring (bicyclic) bond motifs is 1. The molecule has 2 aromatic carbocycles. The Bertz CT molecular complexity index is 764. The Morgan fingerprint density at radius 1 is 1.09 bits per heavy atom. The molecule has 0 bridgehead atoms. The van der Waals surface area contributed by atoms with Gasteiger partial charge in [-0.3, -0.25) is 0 Å². The number of imidazole rings is 1. The second kappa shape index (κ2) is 6.62. The van der Waals surface area contributed by atoms with Gasteiger partial charge in [0.1, 0.15) is 11.6 Å². The van der Waals surface area contributed by atoms with Gasteiger partial charge in [0.05, 0.1) is 18.1 Å². The first-order valence-electron chi connectivity index (χ1n) is 7.63. The highest BCUT2D eigenvalue weighted by molar-refractivity contribution is 5.80. The zero-order chi connectivity index (χ0) is 15.4. The maximum absolute atomic E-state index is 5.63. The van der Waals surface area contributed by atoms with Gasteiger partial charge in [-0.15, -0.1) is 0 Å². The molecule has 0 fully saturated rings. The summed E-state index contributed by atoms with van der Waals surface area (Å²) in [6.45, 7) is 1.64. The molecule has 114 valence electrons. The fraction of sp³-hybridized carbons (Fsp3) is 0.278. The van der Waals surface area contributed by atoms with Crippen LogP contribution in [0.15, 0.2) is 48.5 Å². The number of ether oxygens (including phenoxy) is 1. The van der Waals surface area contributed by atoms with Crippen molar-refractivity contribution in [1.29, 1.82) is 0 Å². The average molecular weight is 295 g/mol. The molecule has 1 aromatic heterocycles. The first-order valence-corrected chi connectivity index (χ1v) is 7.63. The smallest absolute Gasteiger partial charge is 0.141 e. The number of unbranched alkanes of at least 4 members (excludes halogenated alkanes) is 1. The predicted octanol–water partition coefficient (Wildman–Crippen LogP) is 3.45. The molecule has 0 aliphatic rings. The molecule has 0 saturated carbocycles.